The maximum atomic E-state index is 11.7. The minimum Gasteiger partial charge on any atom is -0.480 e. The molecule has 0 radical (unpaired) electrons. The summed E-state index contributed by atoms with van der Waals surface area (Å²) in [7, 11) is 0. The van der Waals surface area contributed by atoms with Crippen LogP contribution in [0, 0.1) is 17.2 Å². The quantitative estimate of drug-likeness (QED) is 0.869. The Bertz CT molecular complexity index is 550. The van der Waals surface area contributed by atoms with Gasteiger partial charge in [-0.05, 0) is 23.8 Å². The van der Waals surface area contributed by atoms with Crippen molar-refractivity contribution in [2.24, 2.45) is 5.92 Å². The number of fused-ring (bicyclic) bond motifs is 1. The van der Waals surface area contributed by atoms with E-state index in [4.69, 9.17) is 10.4 Å². The lowest BCUT2D eigenvalue weighted by atomic mass is 9.88. The van der Waals surface area contributed by atoms with Crippen LogP contribution in [0.4, 0.5) is 5.69 Å². The lowest BCUT2D eigenvalue weighted by Crippen LogP contribution is -2.26. The Labute approximate surface area is 105 Å². The lowest BCUT2D eigenvalue weighted by molar-refractivity contribution is -0.142. The molecule has 17 heavy (non-hydrogen) atoms. The molecule has 1 aliphatic rings. The van der Waals surface area contributed by atoms with E-state index in [1.165, 1.54) is 0 Å². The molecule has 0 aromatic heterocycles. The molecule has 2 atom stereocenters. The maximum Gasteiger partial charge on any atom is 0.322 e. The predicted octanol–water partition coefficient (Wildman–Crippen LogP) is 1.71. The number of nitriles is 1. The summed E-state index contributed by atoms with van der Waals surface area (Å²) < 4.78 is 0.736. The summed E-state index contributed by atoms with van der Waals surface area (Å²) >= 11 is 3.25. The minimum absolute atomic E-state index is 0.452. The first kappa shape index (κ1) is 11.6. The molecule has 0 bridgehead atoms. The van der Waals surface area contributed by atoms with Crippen LogP contribution in [0.15, 0.2) is 22.7 Å². The van der Waals surface area contributed by atoms with Gasteiger partial charge in [0, 0.05) is 10.2 Å². The van der Waals surface area contributed by atoms with E-state index in [1.54, 1.807) is 24.3 Å². The monoisotopic (exact) mass is 294 g/mol. The zero-order chi connectivity index (χ0) is 12.6. The highest BCUT2D eigenvalue weighted by Crippen LogP contribution is 2.38. The van der Waals surface area contributed by atoms with Crippen LogP contribution in [0.5, 0.6) is 0 Å². The topological polar surface area (TPSA) is 90.2 Å². The number of carbonyl (C=O) groups is 2. The molecule has 5 nitrogen and oxygen atoms in total. The van der Waals surface area contributed by atoms with Gasteiger partial charge in [0.05, 0.1) is 12.0 Å². The van der Waals surface area contributed by atoms with Crippen molar-refractivity contribution in [1.82, 2.24) is 0 Å². The van der Waals surface area contributed by atoms with Crippen molar-refractivity contribution in [1.29, 1.82) is 5.26 Å². The second kappa shape index (κ2) is 4.18. The predicted molar refractivity (Wildman–Crippen MR) is 62.3 cm³/mol. The molecule has 2 rings (SSSR count). The molecule has 0 saturated carbocycles. The molecule has 2 N–H and O–H groups in total. The number of carboxylic acid groups (broad SMARTS) is 1. The number of rotatable bonds is 2. The van der Waals surface area contributed by atoms with Crippen molar-refractivity contribution >= 4 is 33.5 Å². The Balaban J connectivity index is 2.51. The largest absolute Gasteiger partial charge is 0.480 e. The number of nitrogens with zero attached hydrogens (tertiary/aromatic N) is 1. The second-order valence-corrected chi connectivity index (χ2v) is 4.56. The Kier molecular flexibility index (Phi) is 2.86. The number of hydrogen-bond acceptors (Lipinski definition) is 3. The fourth-order valence-corrected chi connectivity index (χ4v) is 2.24. The minimum atomic E-state index is -1.37. The van der Waals surface area contributed by atoms with Crippen LogP contribution >= 0.6 is 15.9 Å². The number of anilines is 1. The number of benzene rings is 1. The van der Waals surface area contributed by atoms with Gasteiger partial charge in [0.25, 0.3) is 0 Å². The average molecular weight is 295 g/mol. The SMILES string of the molecule is N#CC(C(=O)O)C1C(=O)Nc2ccc(Br)cc21. The number of amides is 1. The molecule has 0 aliphatic carbocycles. The summed E-state index contributed by atoms with van der Waals surface area (Å²) in [6.45, 7) is 0. The van der Waals surface area contributed by atoms with E-state index >= 15 is 0 Å². The van der Waals surface area contributed by atoms with E-state index in [2.05, 4.69) is 21.2 Å². The van der Waals surface area contributed by atoms with Crippen molar-refractivity contribution in [2.45, 2.75) is 5.92 Å². The maximum absolute atomic E-state index is 11.7. The molecule has 1 amide bonds. The van der Waals surface area contributed by atoms with Crippen LogP contribution in [0.25, 0.3) is 0 Å². The van der Waals surface area contributed by atoms with Gasteiger partial charge in [-0.3, -0.25) is 9.59 Å². The molecule has 0 spiro atoms. The van der Waals surface area contributed by atoms with Crippen molar-refractivity contribution < 1.29 is 14.7 Å². The van der Waals surface area contributed by atoms with Gasteiger partial charge in [0.1, 0.15) is 0 Å². The highest BCUT2D eigenvalue weighted by atomic mass is 79.9. The number of carboxylic acids is 1. The van der Waals surface area contributed by atoms with Crippen LogP contribution < -0.4 is 5.32 Å². The molecule has 1 aromatic carbocycles. The summed E-state index contributed by atoms with van der Waals surface area (Å²) in [6.07, 6.45) is 0. The zero-order valence-electron chi connectivity index (χ0n) is 8.48. The Morgan fingerprint density at radius 2 is 2.29 bits per heavy atom. The van der Waals surface area contributed by atoms with Crippen LogP contribution in [-0.2, 0) is 9.59 Å². The van der Waals surface area contributed by atoms with Gasteiger partial charge in [0.2, 0.25) is 5.91 Å². The summed E-state index contributed by atoms with van der Waals surface area (Å²) in [5.74, 6) is -4.07. The number of aliphatic carboxylic acids is 1. The fraction of sp³-hybridized carbons (Fsp3) is 0.182. The van der Waals surface area contributed by atoms with Gasteiger partial charge in [-0.1, -0.05) is 15.9 Å². The summed E-state index contributed by atoms with van der Waals surface area (Å²) in [5, 5.41) is 20.3. The highest BCUT2D eigenvalue weighted by Gasteiger charge is 2.40. The van der Waals surface area contributed by atoms with E-state index in [1.807, 2.05) is 0 Å². The smallest absolute Gasteiger partial charge is 0.322 e. The van der Waals surface area contributed by atoms with E-state index in [0.717, 1.165) is 4.47 Å². The zero-order valence-corrected chi connectivity index (χ0v) is 10.1. The average Bonchev–Trinajstić information content (AvgIpc) is 2.56. The molecule has 86 valence electrons. The third-order valence-corrected chi connectivity index (χ3v) is 3.12. The first-order valence-corrected chi connectivity index (χ1v) is 5.56. The van der Waals surface area contributed by atoms with Crippen molar-refractivity contribution in [2.75, 3.05) is 5.32 Å². The number of hydrogen-bond donors (Lipinski definition) is 2. The van der Waals surface area contributed by atoms with Crippen LogP contribution in [-0.4, -0.2) is 17.0 Å². The van der Waals surface area contributed by atoms with E-state index in [9.17, 15) is 9.59 Å². The Hall–Kier alpha value is -1.87. The van der Waals surface area contributed by atoms with Gasteiger partial charge in [-0.2, -0.15) is 5.26 Å². The molecule has 1 heterocycles. The molecule has 2 unspecified atom stereocenters. The van der Waals surface area contributed by atoms with Gasteiger partial charge in [-0.25, -0.2) is 0 Å². The van der Waals surface area contributed by atoms with Crippen molar-refractivity contribution in [3.63, 3.8) is 0 Å². The highest BCUT2D eigenvalue weighted by molar-refractivity contribution is 9.10. The van der Waals surface area contributed by atoms with Crippen molar-refractivity contribution in [3.05, 3.63) is 28.2 Å². The standard InChI is InChI=1S/C11H7BrN2O3/c12-5-1-2-8-6(3-5)9(10(15)14-8)7(4-13)11(16)17/h1-3,7,9H,(H,14,15)(H,16,17). The third-order valence-electron chi connectivity index (χ3n) is 2.63. The summed E-state index contributed by atoms with van der Waals surface area (Å²) in [5.41, 5.74) is 1.10. The first-order chi connectivity index (χ1) is 8.04. The second-order valence-electron chi connectivity index (χ2n) is 3.64. The molecule has 1 aliphatic heterocycles. The Morgan fingerprint density at radius 1 is 1.59 bits per heavy atom. The molecule has 1 aromatic rings. The number of carbonyl (C=O) groups excluding carboxylic acids is 1. The van der Waals surface area contributed by atoms with E-state index < -0.39 is 23.7 Å². The molecular formula is C11H7BrN2O3. The summed E-state index contributed by atoms with van der Waals surface area (Å²) in [6, 6.07) is 6.73. The van der Waals surface area contributed by atoms with Crippen LogP contribution in [0.2, 0.25) is 0 Å². The fourth-order valence-electron chi connectivity index (χ4n) is 1.86. The van der Waals surface area contributed by atoms with Gasteiger partial charge in [0.15, 0.2) is 5.92 Å². The van der Waals surface area contributed by atoms with Gasteiger partial charge in [-0.15, -0.1) is 0 Å². The Morgan fingerprint density at radius 3 is 2.88 bits per heavy atom. The number of nitrogens with one attached hydrogen (secondary N) is 1. The molecule has 6 heteroatoms. The normalized spacial score (nSPS) is 19.1. The molecular weight excluding hydrogens is 288 g/mol. The molecule has 0 saturated heterocycles. The van der Waals surface area contributed by atoms with E-state index in [-0.39, 0.29) is 0 Å². The van der Waals surface area contributed by atoms with E-state index in [0.29, 0.717) is 11.3 Å². The van der Waals surface area contributed by atoms with Gasteiger partial charge >= 0.3 is 5.97 Å². The third kappa shape index (κ3) is 1.89. The molecule has 0 fully saturated rings. The van der Waals surface area contributed by atoms with Gasteiger partial charge < -0.3 is 10.4 Å². The summed E-state index contributed by atoms with van der Waals surface area (Å²) in [4.78, 5) is 22.7. The van der Waals surface area contributed by atoms with Crippen LogP contribution in [0.1, 0.15) is 11.5 Å². The number of halogens is 1. The van der Waals surface area contributed by atoms with Crippen LogP contribution in [0.3, 0.4) is 0 Å². The van der Waals surface area contributed by atoms with Crippen molar-refractivity contribution in [3.8, 4) is 6.07 Å². The lowest BCUT2D eigenvalue weighted by Gasteiger charge is -2.11. The first-order valence-electron chi connectivity index (χ1n) is 4.77.